The molecule has 0 spiro atoms. The Hall–Kier alpha value is -2.00. The van der Waals surface area contributed by atoms with Crippen LogP contribution in [0.1, 0.15) is 11.1 Å². The molecule has 0 radical (unpaired) electrons. The minimum atomic E-state index is 0.712. The van der Waals surface area contributed by atoms with Crippen molar-refractivity contribution in [3.05, 3.63) is 59.7 Å². The molecule has 0 amide bonds. The molecule has 0 fully saturated rings. The molecule has 0 atom stereocenters. The minimum absolute atomic E-state index is 0.712. The van der Waals surface area contributed by atoms with Crippen molar-refractivity contribution in [2.45, 2.75) is 13.8 Å². The van der Waals surface area contributed by atoms with E-state index in [1.165, 1.54) is 11.1 Å². The average molecular weight is 284 g/mol. The van der Waals surface area contributed by atoms with E-state index in [0.717, 1.165) is 24.5 Å². The quantitative estimate of drug-likeness (QED) is 0.723. The van der Waals surface area contributed by atoms with Gasteiger partial charge in [-0.15, -0.1) is 0 Å². The van der Waals surface area contributed by atoms with E-state index in [1.54, 1.807) is 0 Å². The van der Waals surface area contributed by atoms with Crippen molar-refractivity contribution < 1.29 is 4.74 Å². The van der Waals surface area contributed by atoms with Gasteiger partial charge in [0.2, 0.25) is 0 Å². The van der Waals surface area contributed by atoms with E-state index in [-0.39, 0.29) is 0 Å². The number of rotatable bonds is 8. The Bertz CT molecular complexity index is 505. The van der Waals surface area contributed by atoms with Gasteiger partial charge in [-0.05, 0) is 49.2 Å². The highest BCUT2D eigenvalue weighted by Crippen LogP contribution is 2.09. The standard InChI is InChI=1S/C18H24N2O/c1-15-5-3-7-17(13-15)19-9-11-21-12-10-20-18-8-4-6-16(2)14-18/h3-8,13-14,19-20H,9-12H2,1-2H3. The topological polar surface area (TPSA) is 33.3 Å². The van der Waals surface area contributed by atoms with Crippen LogP contribution in [-0.4, -0.2) is 26.3 Å². The van der Waals surface area contributed by atoms with E-state index in [0.29, 0.717) is 13.2 Å². The molecule has 0 aliphatic carbocycles. The molecule has 2 rings (SSSR count). The van der Waals surface area contributed by atoms with Gasteiger partial charge in [-0.3, -0.25) is 0 Å². The predicted octanol–water partition coefficient (Wildman–Crippen LogP) is 3.84. The van der Waals surface area contributed by atoms with Gasteiger partial charge in [0.1, 0.15) is 0 Å². The summed E-state index contributed by atoms with van der Waals surface area (Å²) >= 11 is 0. The third-order valence-electron chi connectivity index (χ3n) is 3.19. The summed E-state index contributed by atoms with van der Waals surface area (Å²) in [5.74, 6) is 0. The number of nitrogens with one attached hydrogen (secondary N) is 2. The molecule has 0 heterocycles. The van der Waals surface area contributed by atoms with E-state index in [9.17, 15) is 0 Å². The number of hydrogen-bond acceptors (Lipinski definition) is 3. The summed E-state index contributed by atoms with van der Waals surface area (Å²) < 4.78 is 5.61. The molecule has 2 aromatic rings. The lowest BCUT2D eigenvalue weighted by Crippen LogP contribution is -2.14. The summed E-state index contributed by atoms with van der Waals surface area (Å²) in [6.45, 7) is 7.27. The molecule has 0 saturated carbocycles. The molecule has 2 aromatic carbocycles. The zero-order valence-electron chi connectivity index (χ0n) is 12.9. The molecule has 3 nitrogen and oxygen atoms in total. The van der Waals surface area contributed by atoms with Crippen molar-refractivity contribution >= 4 is 11.4 Å². The van der Waals surface area contributed by atoms with Crippen molar-refractivity contribution in [1.29, 1.82) is 0 Å². The molecule has 0 aliphatic heterocycles. The number of aryl methyl sites for hydroxylation is 2. The zero-order valence-corrected chi connectivity index (χ0v) is 12.9. The molecule has 0 saturated heterocycles. The van der Waals surface area contributed by atoms with E-state index in [4.69, 9.17) is 4.74 Å². The Kier molecular flexibility index (Phi) is 6.10. The van der Waals surface area contributed by atoms with Gasteiger partial charge in [0.25, 0.3) is 0 Å². The molecule has 0 unspecified atom stereocenters. The van der Waals surface area contributed by atoms with E-state index < -0.39 is 0 Å². The van der Waals surface area contributed by atoms with Crippen LogP contribution in [0.25, 0.3) is 0 Å². The third-order valence-corrected chi connectivity index (χ3v) is 3.19. The average Bonchev–Trinajstić information content (AvgIpc) is 2.46. The molecule has 112 valence electrons. The second kappa shape index (κ2) is 8.32. The van der Waals surface area contributed by atoms with Crippen LogP contribution in [0.4, 0.5) is 11.4 Å². The minimum Gasteiger partial charge on any atom is -0.383 e. The van der Waals surface area contributed by atoms with Crippen molar-refractivity contribution in [2.75, 3.05) is 36.9 Å². The highest BCUT2D eigenvalue weighted by Gasteiger charge is 1.94. The first-order valence-corrected chi connectivity index (χ1v) is 7.43. The Morgan fingerprint density at radius 3 is 1.67 bits per heavy atom. The van der Waals surface area contributed by atoms with E-state index >= 15 is 0 Å². The zero-order chi connectivity index (χ0) is 14.9. The molecular formula is C18H24N2O. The highest BCUT2D eigenvalue weighted by atomic mass is 16.5. The smallest absolute Gasteiger partial charge is 0.0639 e. The van der Waals surface area contributed by atoms with Crippen LogP contribution in [0.3, 0.4) is 0 Å². The van der Waals surface area contributed by atoms with Gasteiger partial charge < -0.3 is 15.4 Å². The van der Waals surface area contributed by atoms with Gasteiger partial charge in [0.15, 0.2) is 0 Å². The van der Waals surface area contributed by atoms with Crippen molar-refractivity contribution in [3.8, 4) is 0 Å². The summed E-state index contributed by atoms with van der Waals surface area (Å²) in [5.41, 5.74) is 4.83. The summed E-state index contributed by atoms with van der Waals surface area (Å²) in [4.78, 5) is 0. The van der Waals surface area contributed by atoms with Gasteiger partial charge in [-0.2, -0.15) is 0 Å². The molecular weight excluding hydrogens is 260 g/mol. The first kappa shape index (κ1) is 15.4. The second-order valence-electron chi connectivity index (χ2n) is 5.20. The number of anilines is 2. The fourth-order valence-corrected chi connectivity index (χ4v) is 2.15. The molecule has 21 heavy (non-hydrogen) atoms. The van der Waals surface area contributed by atoms with Crippen LogP contribution in [0.2, 0.25) is 0 Å². The SMILES string of the molecule is Cc1cccc(NCCOCCNc2cccc(C)c2)c1. The maximum Gasteiger partial charge on any atom is 0.0639 e. The highest BCUT2D eigenvalue weighted by molar-refractivity contribution is 5.45. The van der Waals surface area contributed by atoms with Crippen LogP contribution < -0.4 is 10.6 Å². The monoisotopic (exact) mass is 284 g/mol. The van der Waals surface area contributed by atoms with Crippen LogP contribution >= 0.6 is 0 Å². The van der Waals surface area contributed by atoms with Crippen molar-refractivity contribution in [3.63, 3.8) is 0 Å². The Balaban J connectivity index is 1.54. The first-order chi connectivity index (χ1) is 10.2. The lowest BCUT2D eigenvalue weighted by molar-refractivity contribution is 0.154. The summed E-state index contributed by atoms with van der Waals surface area (Å²) in [6, 6.07) is 16.7. The molecule has 0 aromatic heterocycles. The van der Waals surface area contributed by atoms with Gasteiger partial charge in [0.05, 0.1) is 13.2 Å². The van der Waals surface area contributed by atoms with Gasteiger partial charge in [-0.1, -0.05) is 24.3 Å². The normalized spacial score (nSPS) is 10.4. The Morgan fingerprint density at radius 1 is 0.762 bits per heavy atom. The van der Waals surface area contributed by atoms with Gasteiger partial charge in [-0.25, -0.2) is 0 Å². The molecule has 2 N–H and O–H groups in total. The first-order valence-electron chi connectivity index (χ1n) is 7.43. The van der Waals surface area contributed by atoms with Crippen molar-refractivity contribution in [1.82, 2.24) is 0 Å². The number of ether oxygens (including phenoxy) is 1. The summed E-state index contributed by atoms with van der Waals surface area (Å²) in [7, 11) is 0. The maximum atomic E-state index is 5.61. The van der Waals surface area contributed by atoms with Gasteiger partial charge >= 0.3 is 0 Å². The fraction of sp³-hybridized carbons (Fsp3) is 0.333. The molecule has 3 heteroatoms. The molecule has 0 aliphatic rings. The number of hydrogen-bond donors (Lipinski definition) is 2. The number of benzene rings is 2. The van der Waals surface area contributed by atoms with Crippen LogP contribution in [0, 0.1) is 13.8 Å². The van der Waals surface area contributed by atoms with E-state index in [1.807, 2.05) is 0 Å². The van der Waals surface area contributed by atoms with E-state index in [2.05, 4.69) is 73.0 Å². The lowest BCUT2D eigenvalue weighted by Gasteiger charge is -2.09. The second-order valence-corrected chi connectivity index (χ2v) is 5.20. The molecule has 0 bridgehead atoms. The summed E-state index contributed by atoms with van der Waals surface area (Å²) in [5, 5.41) is 6.71. The predicted molar refractivity (Wildman–Crippen MR) is 90.2 cm³/mol. The van der Waals surface area contributed by atoms with Gasteiger partial charge in [0, 0.05) is 24.5 Å². The third kappa shape index (κ3) is 5.88. The Morgan fingerprint density at radius 2 is 1.24 bits per heavy atom. The lowest BCUT2D eigenvalue weighted by atomic mass is 10.2. The largest absolute Gasteiger partial charge is 0.383 e. The van der Waals surface area contributed by atoms with Crippen molar-refractivity contribution in [2.24, 2.45) is 0 Å². The summed E-state index contributed by atoms with van der Waals surface area (Å²) in [6.07, 6.45) is 0. The van der Waals surface area contributed by atoms with Crippen LogP contribution in [0.15, 0.2) is 48.5 Å². The van der Waals surface area contributed by atoms with Crippen LogP contribution in [0.5, 0.6) is 0 Å². The van der Waals surface area contributed by atoms with Crippen LogP contribution in [-0.2, 0) is 4.74 Å². The Labute approximate surface area is 127 Å². The maximum absolute atomic E-state index is 5.61. The fourth-order valence-electron chi connectivity index (χ4n) is 2.15.